The summed E-state index contributed by atoms with van der Waals surface area (Å²) >= 11 is 0. The van der Waals surface area contributed by atoms with E-state index < -0.39 is 11.9 Å². The van der Waals surface area contributed by atoms with E-state index in [1.807, 2.05) is 24.3 Å². The van der Waals surface area contributed by atoms with Crippen LogP contribution in [0.25, 0.3) is 10.8 Å². The number of unbranched alkanes of at least 4 members (excludes halogenated alkanes) is 2. The number of carbonyl (C=O) groups is 6. The van der Waals surface area contributed by atoms with Gasteiger partial charge in [0.15, 0.2) is 11.5 Å². The maximum absolute atomic E-state index is 13.7. The van der Waals surface area contributed by atoms with Crippen molar-refractivity contribution in [2.24, 2.45) is 47.3 Å². The van der Waals surface area contributed by atoms with Crippen molar-refractivity contribution in [2.45, 2.75) is 128 Å². The second kappa shape index (κ2) is 25.6. The van der Waals surface area contributed by atoms with Crippen LogP contribution in [0, 0.1) is 47.3 Å². The highest BCUT2D eigenvalue weighted by Crippen LogP contribution is 2.46. The molecule has 0 unspecified atom stereocenters. The molecule has 0 aromatic heterocycles. The van der Waals surface area contributed by atoms with Gasteiger partial charge in [-0.2, -0.15) is 0 Å². The minimum atomic E-state index is -0.451. The van der Waals surface area contributed by atoms with Gasteiger partial charge >= 0.3 is 35.8 Å². The summed E-state index contributed by atoms with van der Waals surface area (Å²) in [5.74, 6) is 0.768. The number of rotatable bonds is 21. The standard InChI is InChI=1S/C53H70O13/c1-4-47(54)61-30-8-10-32-63-50(56)39-22-14-35(15-23-39)37-18-26-41(27-19-37)52(58)65-45-34-46(60-3)49(44-13-7-6-12-43(44)45)66-53(59)42-28-20-38(21-29-42)36-16-24-40(25-17-36)51(57)64-33-11-9-31-62-48(55)5-2/h4-7,12-13,34-42H,1-2,8-11,14-33H2,3H3. The Morgan fingerprint density at radius 3 is 1.20 bits per heavy atom. The van der Waals surface area contributed by atoms with Crippen molar-refractivity contribution in [3.63, 3.8) is 0 Å². The number of hydrogen-bond donors (Lipinski definition) is 0. The van der Waals surface area contributed by atoms with Crippen LogP contribution in [0.2, 0.25) is 0 Å². The van der Waals surface area contributed by atoms with Crippen LogP contribution in [-0.4, -0.2) is 69.4 Å². The molecular formula is C53H70O13. The SMILES string of the molecule is C=CC(=O)OCCCCOC(=O)C1CCC(C2CCC(C(=O)Oc3cc(OC)c(OC(=O)C4CCC(C5CCC(C(=O)OCCCCOC(=O)C=C)CC5)CC4)c4ccccc34)CC2)CC1. The van der Waals surface area contributed by atoms with E-state index in [2.05, 4.69) is 13.2 Å². The Labute approximate surface area is 389 Å². The monoisotopic (exact) mass is 914 g/mol. The first-order valence-electron chi connectivity index (χ1n) is 24.5. The van der Waals surface area contributed by atoms with Gasteiger partial charge in [0.25, 0.3) is 0 Å². The smallest absolute Gasteiger partial charge is 0.330 e. The number of ether oxygens (including phenoxy) is 7. The minimum Gasteiger partial charge on any atom is -0.493 e. The van der Waals surface area contributed by atoms with Gasteiger partial charge in [-0.05, 0) is 152 Å². The van der Waals surface area contributed by atoms with Gasteiger partial charge in [-0.1, -0.05) is 37.4 Å². The normalized spacial score (nSPS) is 25.3. The van der Waals surface area contributed by atoms with Gasteiger partial charge < -0.3 is 33.2 Å². The summed E-state index contributed by atoms with van der Waals surface area (Å²) in [7, 11) is 1.52. The van der Waals surface area contributed by atoms with Crippen molar-refractivity contribution in [2.75, 3.05) is 33.5 Å². The number of benzene rings is 2. The topological polar surface area (TPSA) is 167 Å². The lowest BCUT2D eigenvalue weighted by Crippen LogP contribution is -2.31. The Kier molecular flexibility index (Phi) is 19.5. The van der Waals surface area contributed by atoms with Crippen LogP contribution in [0.1, 0.15) is 128 Å². The minimum absolute atomic E-state index is 0.0791. The summed E-state index contributed by atoms with van der Waals surface area (Å²) in [6.07, 6.45) is 18.7. The van der Waals surface area contributed by atoms with Crippen LogP contribution in [0.15, 0.2) is 55.6 Å². The van der Waals surface area contributed by atoms with Crippen molar-refractivity contribution in [1.29, 1.82) is 0 Å². The van der Waals surface area contributed by atoms with Crippen molar-refractivity contribution < 1.29 is 61.9 Å². The summed E-state index contributed by atoms with van der Waals surface area (Å²) in [6, 6.07) is 9.12. The average molecular weight is 915 g/mol. The first-order chi connectivity index (χ1) is 32.1. The molecule has 0 heterocycles. The van der Waals surface area contributed by atoms with Gasteiger partial charge in [-0.15, -0.1) is 0 Å². The van der Waals surface area contributed by atoms with Gasteiger partial charge in [-0.3, -0.25) is 19.2 Å². The molecule has 0 bridgehead atoms. The Bertz CT molecular complexity index is 1980. The van der Waals surface area contributed by atoms with Crippen LogP contribution in [-0.2, 0) is 47.7 Å². The van der Waals surface area contributed by atoms with E-state index in [0.717, 1.165) is 115 Å². The van der Waals surface area contributed by atoms with Gasteiger partial charge in [0.05, 0.1) is 57.2 Å². The second-order valence-electron chi connectivity index (χ2n) is 18.7. The molecule has 0 N–H and O–H groups in total. The van der Waals surface area contributed by atoms with Gasteiger partial charge in [0, 0.05) is 29.0 Å². The molecule has 4 aliphatic rings. The van der Waals surface area contributed by atoms with Crippen LogP contribution in [0.3, 0.4) is 0 Å². The molecule has 360 valence electrons. The molecule has 4 fully saturated rings. The van der Waals surface area contributed by atoms with Crippen molar-refractivity contribution in [1.82, 2.24) is 0 Å². The van der Waals surface area contributed by atoms with E-state index in [1.165, 1.54) is 7.11 Å². The molecule has 4 saturated carbocycles. The number of hydrogen-bond acceptors (Lipinski definition) is 13. The number of fused-ring (bicyclic) bond motifs is 1. The first kappa shape index (κ1) is 50.2. The molecule has 6 rings (SSSR count). The second-order valence-corrected chi connectivity index (χ2v) is 18.7. The van der Waals surface area contributed by atoms with Crippen molar-refractivity contribution in [3.8, 4) is 17.2 Å². The van der Waals surface area contributed by atoms with Gasteiger partial charge in [-0.25, -0.2) is 9.59 Å². The highest BCUT2D eigenvalue weighted by molar-refractivity contribution is 5.98. The zero-order chi connectivity index (χ0) is 46.8. The van der Waals surface area contributed by atoms with Crippen LogP contribution < -0.4 is 14.2 Å². The quantitative estimate of drug-likeness (QED) is 0.0382. The Balaban J connectivity index is 0.915. The third kappa shape index (κ3) is 14.2. The zero-order valence-electron chi connectivity index (χ0n) is 38.9. The molecule has 0 radical (unpaired) electrons. The summed E-state index contributed by atoms with van der Waals surface area (Å²) in [6.45, 7) is 7.96. The molecule has 4 aliphatic carbocycles. The fourth-order valence-corrected chi connectivity index (χ4v) is 10.8. The fourth-order valence-electron chi connectivity index (χ4n) is 10.8. The van der Waals surface area contributed by atoms with Gasteiger partial charge in [0.2, 0.25) is 0 Å². The lowest BCUT2D eigenvalue weighted by atomic mass is 9.69. The largest absolute Gasteiger partial charge is 0.493 e. The van der Waals surface area contributed by atoms with E-state index >= 15 is 0 Å². The number of methoxy groups -OCH3 is 1. The molecule has 0 atom stereocenters. The van der Waals surface area contributed by atoms with E-state index in [-0.39, 0.29) is 60.8 Å². The van der Waals surface area contributed by atoms with Crippen molar-refractivity contribution in [3.05, 3.63) is 55.6 Å². The highest BCUT2D eigenvalue weighted by Gasteiger charge is 2.38. The fraction of sp³-hybridized carbons (Fsp3) is 0.623. The Morgan fingerprint density at radius 2 is 0.818 bits per heavy atom. The van der Waals surface area contributed by atoms with Crippen molar-refractivity contribution >= 4 is 46.6 Å². The summed E-state index contributed by atoms with van der Waals surface area (Å²) in [5.41, 5.74) is 0. The molecule has 13 heteroatoms. The van der Waals surface area contributed by atoms with Crippen LogP contribution >= 0.6 is 0 Å². The summed E-state index contributed by atoms with van der Waals surface area (Å²) < 4.78 is 39.0. The maximum Gasteiger partial charge on any atom is 0.330 e. The molecule has 0 amide bonds. The van der Waals surface area contributed by atoms with Crippen LogP contribution in [0.5, 0.6) is 17.2 Å². The zero-order valence-corrected chi connectivity index (χ0v) is 38.9. The first-order valence-corrected chi connectivity index (χ1v) is 24.5. The van der Waals surface area contributed by atoms with E-state index in [9.17, 15) is 28.8 Å². The third-order valence-electron chi connectivity index (χ3n) is 14.7. The summed E-state index contributed by atoms with van der Waals surface area (Å²) in [4.78, 5) is 75.1. The predicted molar refractivity (Wildman–Crippen MR) is 246 cm³/mol. The molecule has 66 heavy (non-hydrogen) atoms. The number of carbonyl (C=O) groups excluding carboxylic acids is 6. The average Bonchev–Trinajstić information content (AvgIpc) is 3.36. The summed E-state index contributed by atoms with van der Waals surface area (Å²) in [5, 5.41) is 1.31. The molecular weight excluding hydrogens is 845 g/mol. The molecule has 2 aromatic rings. The molecule has 0 aliphatic heterocycles. The van der Waals surface area contributed by atoms with E-state index in [1.54, 1.807) is 6.07 Å². The molecule has 0 spiro atoms. The molecule has 2 aromatic carbocycles. The Morgan fingerprint density at radius 1 is 0.470 bits per heavy atom. The molecule has 0 saturated heterocycles. The predicted octanol–water partition coefficient (Wildman–Crippen LogP) is 9.99. The van der Waals surface area contributed by atoms with E-state index in [0.29, 0.717) is 90.6 Å². The number of esters is 6. The third-order valence-corrected chi connectivity index (χ3v) is 14.7. The Hall–Kier alpha value is -5.20. The van der Waals surface area contributed by atoms with Crippen LogP contribution in [0.4, 0.5) is 0 Å². The lowest BCUT2D eigenvalue weighted by Gasteiger charge is -2.37. The maximum atomic E-state index is 13.7. The highest BCUT2D eigenvalue weighted by atomic mass is 16.6. The lowest BCUT2D eigenvalue weighted by molar-refractivity contribution is -0.151. The van der Waals surface area contributed by atoms with E-state index in [4.69, 9.17) is 33.2 Å². The molecule has 13 nitrogen and oxygen atoms in total. The van der Waals surface area contributed by atoms with Gasteiger partial charge in [0.1, 0.15) is 5.75 Å².